The fraction of sp³-hybridized carbons (Fsp3) is 0.200. The first kappa shape index (κ1) is 14.9. The molecule has 0 heterocycles. The van der Waals surface area contributed by atoms with E-state index in [9.17, 15) is 13.2 Å². The van der Waals surface area contributed by atoms with Crippen molar-refractivity contribution in [2.24, 2.45) is 0 Å². The smallest absolute Gasteiger partial charge is 0.160 e. The van der Waals surface area contributed by atoms with Crippen molar-refractivity contribution < 1.29 is 13.2 Å². The van der Waals surface area contributed by atoms with E-state index < -0.39 is 17.7 Å². The Balaban J connectivity index is 2.52. The molecule has 0 spiro atoms. The summed E-state index contributed by atoms with van der Waals surface area (Å²) in [5, 5.41) is 3.02. The van der Waals surface area contributed by atoms with Gasteiger partial charge in [-0.3, -0.25) is 0 Å². The summed E-state index contributed by atoms with van der Waals surface area (Å²) in [5.74, 6) is -2.36. The molecule has 0 aromatic heterocycles. The first-order valence-corrected chi connectivity index (χ1v) is 6.39. The second kappa shape index (κ2) is 5.85. The van der Waals surface area contributed by atoms with Crippen LogP contribution in [0, 0.1) is 24.4 Å². The van der Waals surface area contributed by atoms with Crippen molar-refractivity contribution in [1.29, 1.82) is 0 Å². The van der Waals surface area contributed by atoms with Crippen molar-refractivity contribution in [1.82, 2.24) is 5.32 Å². The molecule has 0 saturated carbocycles. The van der Waals surface area contributed by atoms with Crippen LogP contribution in [0.4, 0.5) is 13.2 Å². The summed E-state index contributed by atoms with van der Waals surface area (Å²) in [6.45, 7) is 1.65. The van der Waals surface area contributed by atoms with E-state index >= 15 is 0 Å². The fourth-order valence-electron chi connectivity index (χ4n) is 2.05. The number of nitrogens with one attached hydrogen (secondary N) is 1. The third-order valence-corrected chi connectivity index (χ3v) is 3.50. The van der Waals surface area contributed by atoms with Gasteiger partial charge >= 0.3 is 0 Å². The zero-order chi connectivity index (χ0) is 14.9. The highest BCUT2D eigenvalue weighted by Crippen LogP contribution is 2.30. The zero-order valence-corrected chi connectivity index (χ0v) is 11.7. The van der Waals surface area contributed by atoms with E-state index in [1.165, 1.54) is 6.07 Å². The van der Waals surface area contributed by atoms with Crippen LogP contribution in [0.15, 0.2) is 30.3 Å². The maximum Gasteiger partial charge on any atom is 0.160 e. The quantitative estimate of drug-likeness (QED) is 0.830. The highest BCUT2D eigenvalue weighted by molar-refractivity contribution is 6.31. The molecule has 0 radical (unpaired) electrons. The maximum atomic E-state index is 13.6. The average molecular weight is 300 g/mol. The molecule has 0 aliphatic rings. The Morgan fingerprint density at radius 2 is 1.65 bits per heavy atom. The Labute approximate surface area is 120 Å². The summed E-state index contributed by atoms with van der Waals surface area (Å²) in [6.07, 6.45) is 0. The zero-order valence-electron chi connectivity index (χ0n) is 11.0. The number of rotatable bonds is 3. The van der Waals surface area contributed by atoms with Crippen LogP contribution < -0.4 is 5.32 Å². The van der Waals surface area contributed by atoms with Gasteiger partial charge in [0.2, 0.25) is 0 Å². The van der Waals surface area contributed by atoms with E-state index in [-0.39, 0.29) is 10.8 Å². The Hall–Kier alpha value is -1.52. The van der Waals surface area contributed by atoms with E-state index in [0.717, 1.165) is 12.1 Å². The molecule has 1 atom stereocenters. The van der Waals surface area contributed by atoms with Gasteiger partial charge in [-0.25, -0.2) is 13.2 Å². The summed E-state index contributed by atoms with van der Waals surface area (Å²) in [5.41, 5.74) is 1.46. The van der Waals surface area contributed by atoms with Gasteiger partial charge in [-0.2, -0.15) is 0 Å². The van der Waals surface area contributed by atoms with E-state index in [2.05, 4.69) is 5.32 Å². The van der Waals surface area contributed by atoms with Gasteiger partial charge in [0.05, 0.1) is 6.04 Å². The molecule has 0 amide bonds. The lowest BCUT2D eigenvalue weighted by Crippen LogP contribution is -2.18. The number of hydrogen-bond acceptors (Lipinski definition) is 1. The monoisotopic (exact) mass is 299 g/mol. The SMILES string of the molecule is CNC(c1ccc(C)c(F)c1)c1cc(F)c(F)cc1Cl. The predicted molar refractivity (Wildman–Crippen MR) is 73.4 cm³/mol. The van der Waals surface area contributed by atoms with E-state index in [0.29, 0.717) is 16.7 Å². The molecule has 20 heavy (non-hydrogen) atoms. The summed E-state index contributed by atoms with van der Waals surface area (Å²) in [7, 11) is 1.64. The van der Waals surface area contributed by atoms with Gasteiger partial charge in [0.15, 0.2) is 11.6 Å². The minimum absolute atomic E-state index is 0.0873. The minimum atomic E-state index is -1.01. The lowest BCUT2D eigenvalue weighted by Gasteiger charge is -2.19. The Morgan fingerprint density at radius 1 is 1.00 bits per heavy atom. The molecule has 0 aliphatic carbocycles. The minimum Gasteiger partial charge on any atom is -0.309 e. The van der Waals surface area contributed by atoms with E-state index in [4.69, 9.17) is 11.6 Å². The largest absolute Gasteiger partial charge is 0.309 e. The second-order valence-corrected chi connectivity index (χ2v) is 4.93. The highest BCUT2D eigenvalue weighted by atomic mass is 35.5. The van der Waals surface area contributed by atoms with Crippen LogP contribution in [0.5, 0.6) is 0 Å². The average Bonchev–Trinajstić information content (AvgIpc) is 2.40. The lowest BCUT2D eigenvalue weighted by atomic mass is 9.97. The summed E-state index contributed by atoms with van der Waals surface area (Å²) in [6, 6.07) is 6.12. The normalized spacial score (nSPS) is 12.5. The third-order valence-electron chi connectivity index (χ3n) is 3.17. The molecular formula is C15H13ClF3N. The molecule has 0 aliphatic heterocycles. The van der Waals surface area contributed by atoms with Crippen molar-refractivity contribution >= 4 is 11.6 Å². The van der Waals surface area contributed by atoms with Gasteiger partial charge < -0.3 is 5.32 Å². The molecule has 2 rings (SSSR count). The van der Waals surface area contributed by atoms with Gasteiger partial charge in [-0.15, -0.1) is 0 Å². The van der Waals surface area contributed by atoms with Gasteiger partial charge in [0.1, 0.15) is 5.82 Å². The number of aryl methyl sites for hydroxylation is 1. The van der Waals surface area contributed by atoms with Gasteiger partial charge in [-0.05, 0) is 48.9 Å². The van der Waals surface area contributed by atoms with Crippen molar-refractivity contribution in [3.63, 3.8) is 0 Å². The van der Waals surface area contributed by atoms with Crippen LogP contribution in [0.1, 0.15) is 22.7 Å². The topological polar surface area (TPSA) is 12.0 Å². The third kappa shape index (κ3) is 2.81. The molecule has 1 nitrogen and oxygen atoms in total. The Bertz CT molecular complexity index is 643. The van der Waals surface area contributed by atoms with Gasteiger partial charge in [0.25, 0.3) is 0 Å². The van der Waals surface area contributed by atoms with Crippen LogP contribution in [0.25, 0.3) is 0 Å². The molecule has 1 unspecified atom stereocenters. The fourth-order valence-corrected chi connectivity index (χ4v) is 2.31. The Morgan fingerprint density at radius 3 is 2.25 bits per heavy atom. The van der Waals surface area contributed by atoms with Crippen LogP contribution in [-0.4, -0.2) is 7.05 Å². The van der Waals surface area contributed by atoms with Gasteiger partial charge in [0, 0.05) is 5.02 Å². The Kier molecular flexibility index (Phi) is 4.35. The van der Waals surface area contributed by atoms with Crippen LogP contribution in [0.3, 0.4) is 0 Å². The maximum absolute atomic E-state index is 13.6. The molecule has 0 saturated heterocycles. The first-order chi connectivity index (χ1) is 9.43. The van der Waals surface area contributed by atoms with Crippen LogP contribution in [-0.2, 0) is 0 Å². The summed E-state index contributed by atoms with van der Waals surface area (Å²) >= 11 is 5.96. The summed E-state index contributed by atoms with van der Waals surface area (Å²) < 4.78 is 40.1. The standard InChI is InChI=1S/C15H13ClF3N/c1-8-3-4-9(5-12(8)17)15(20-2)10-6-13(18)14(19)7-11(10)16/h3-7,15,20H,1-2H3. The van der Waals surface area contributed by atoms with Crippen molar-refractivity contribution in [3.8, 4) is 0 Å². The number of benzene rings is 2. The van der Waals surface area contributed by atoms with Crippen LogP contribution >= 0.6 is 11.6 Å². The molecular weight excluding hydrogens is 287 g/mol. The van der Waals surface area contributed by atoms with Crippen molar-refractivity contribution in [2.75, 3.05) is 7.05 Å². The molecule has 106 valence electrons. The van der Waals surface area contributed by atoms with Crippen LogP contribution in [0.2, 0.25) is 5.02 Å². The number of hydrogen-bond donors (Lipinski definition) is 1. The molecule has 0 bridgehead atoms. The second-order valence-electron chi connectivity index (χ2n) is 4.52. The molecule has 2 aromatic rings. The summed E-state index contributed by atoms with van der Waals surface area (Å²) in [4.78, 5) is 0. The molecule has 1 N–H and O–H groups in total. The lowest BCUT2D eigenvalue weighted by molar-refractivity contribution is 0.505. The predicted octanol–water partition coefficient (Wildman–Crippen LogP) is 4.37. The van der Waals surface area contributed by atoms with Crippen molar-refractivity contribution in [2.45, 2.75) is 13.0 Å². The molecule has 5 heteroatoms. The first-order valence-electron chi connectivity index (χ1n) is 6.01. The highest BCUT2D eigenvalue weighted by Gasteiger charge is 2.19. The van der Waals surface area contributed by atoms with Gasteiger partial charge in [-0.1, -0.05) is 23.7 Å². The van der Waals surface area contributed by atoms with E-state index in [1.807, 2.05) is 0 Å². The van der Waals surface area contributed by atoms with E-state index in [1.54, 1.807) is 26.1 Å². The molecule has 2 aromatic carbocycles. The van der Waals surface area contributed by atoms with Crippen molar-refractivity contribution in [3.05, 3.63) is 69.5 Å². The number of halogens is 4. The molecule has 0 fully saturated rings.